The number of carbonyl (C=O) groups excluding carboxylic acids is 1. The van der Waals surface area contributed by atoms with E-state index in [1.54, 1.807) is 24.3 Å². The predicted octanol–water partition coefficient (Wildman–Crippen LogP) is 2.73. The maximum Gasteiger partial charge on any atom is 0.416 e. The summed E-state index contributed by atoms with van der Waals surface area (Å²) in [4.78, 5) is 20.7. The van der Waals surface area contributed by atoms with E-state index in [-0.39, 0.29) is 12.1 Å². The third-order valence-electron chi connectivity index (χ3n) is 4.14. The van der Waals surface area contributed by atoms with E-state index in [1.807, 2.05) is 36.2 Å². The number of oxazole rings is 1. The van der Waals surface area contributed by atoms with Crippen molar-refractivity contribution in [2.24, 2.45) is 0 Å². The van der Waals surface area contributed by atoms with Crippen LogP contribution in [0.1, 0.15) is 5.56 Å². The van der Waals surface area contributed by atoms with Crippen molar-refractivity contribution < 1.29 is 23.5 Å². The van der Waals surface area contributed by atoms with Gasteiger partial charge in [0.1, 0.15) is 17.9 Å². The molecule has 0 spiro atoms. The second-order valence-corrected chi connectivity index (χ2v) is 6.09. The lowest BCUT2D eigenvalue weighted by molar-refractivity contribution is -0.137. The van der Waals surface area contributed by atoms with Crippen LogP contribution in [0.4, 0.5) is 6.01 Å². The van der Waals surface area contributed by atoms with Crippen LogP contribution < -0.4 is 9.64 Å². The minimum Gasteiger partial charge on any atom is -0.492 e. The standard InChI is InChI=1S/C20H20N4O4/c1-24(20-22-16-5-3-4-6-18(16)28-20)11-12-27-15-9-7-14(8-10-15)13-17(23-21)19(25)26-2/h3-10H,11-13H2,1-2H3. The molecule has 8 nitrogen and oxygen atoms in total. The first-order valence-corrected chi connectivity index (χ1v) is 8.68. The summed E-state index contributed by atoms with van der Waals surface area (Å²) >= 11 is 0. The number of likely N-dealkylation sites (N-methyl/N-ethyl adjacent to an activating group) is 1. The first-order chi connectivity index (χ1) is 13.6. The molecule has 0 aliphatic carbocycles. The van der Waals surface area contributed by atoms with E-state index in [1.165, 1.54) is 7.11 Å². The number of fused-ring (bicyclic) bond motifs is 1. The normalized spacial score (nSPS) is 10.4. The van der Waals surface area contributed by atoms with Gasteiger partial charge in [-0.05, 0) is 29.8 Å². The average molecular weight is 380 g/mol. The van der Waals surface area contributed by atoms with Gasteiger partial charge in [-0.15, -0.1) is 0 Å². The number of ether oxygens (including phenoxy) is 2. The van der Waals surface area contributed by atoms with Crippen molar-refractivity contribution in [3.05, 3.63) is 59.6 Å². The molecule has 0 atom stereocenters. The molecule has 3 aromatic rings. The number of methoxy groups -OCH3 is 1. The molecule has 144 valence electrons. The van der Waals surface area contributed by atoms with Gasteiger partial charge in [0.2, 0.25) is 0 Å². The van der Waals surface area contributed by atoms with Crippen LogP contribution in [0.5, 0.6) is 5.75 Å². The molecular weight excluding hydrogens is 360 g/mol. The van der Waals surface area contributed by atoms with Gasteiger partial charge in [-0.25, -0.2) is 4.79 Å². The van der Waals surface area contributed by atoms with Crippen LogP contribution in [0.15, 0.2) is 52.9 Å². The number of aromatic nitrogens is 1. The average Bonchev–Trinajstić information content (AvgIpc) is 3.17. The fourth-order valence-electron chi connectivity index (χ4n) is 2.58. The van der Waals surface area contributed by atoms with E-state index >= 15 is 0 Å². The molecule has 0 aliphatic rings. The Morgan fingerprint density at radius 1 is 1.21 bits per heavy atom. The third kappa shape index (κ3) is 4.55. The number of nitrogens with zero attached hydrogens (tertiary/aromatic N) is 4. The molecule has 1 heterocycles. The van der Waals surface area contributed by atoms with Crippen LogP contribution in [0, 0.1) is 0 Å². The van der Waals surface area contributed by atoms with Crippen molar-refractivity contribution in [3.63, 3.8) is 0 Å². The summed E-state index contributed by atoms with van der Waals surface area (Å²) in [6, 6.07) is 15.3. The minimum atomic E-state index is -0.662. The Morgan fingerprint density at radius 2 is 1.96 bits per heavy atom. The zero-order chi connectivity index (χ0) is 19.9. The molecule has 2 aromatic carbocycles. The minimum absolute atomic E-state index is 0.0591. The zero-order valence-electron chi connectivity index (χ0n) is 15.7. The molecule has 0 saturated carbocycles. The summed E-state index contributed by atoms with van der Waals surface area (Å²) in [6.45, 7) is 1.04. The Balaban J connectivity index is 1.52. The molecule has 0 radical (unpaired) electrons. The summed E-state index contributed by atoms with van der Waals surface area (Å²) in [7, 11) is 3.13. The number of carbonyl (C=O) groups is 1. The van der Waals surface area contributed by atoms with E-state index < -0.39 is 5.97 Å². The Kier molecular flexibility index (Phi) is 6.04. The lowest BCUT2D eigenvalue weighted by Gasteiger charge is -2.14. The molecule has 0 amide bonds. The number of hydrogen-bond donors (Lipinski definition) is 0. The lowest BCUT2D eigenvalue weighted by Crippen LogP contribution is -2.24. The molecule has 3 rings (SSSR count). The van der Waals surface area contributed by atoms with Gasteiger partial charge < -0.3 is 24.3 Å². The topological polar surface area (TPSA) is 101 Å². The monoisotopic (exact) mass is 380 g/mol. The van der Waals surface area contributed by atoms with Crippen LogP contribution in [0.3, 0.4) is 0 Å². The van der Waals surface area contributed by atoms with E-state index in [9.17, 15) is 4.79 Å². The van der Waals surface area contributed by atoms with Gasteiger partial charge in [0, 0.05) is 7.05 Å². The first kappa shape index (κ1) is 19.1. The number of anilines is 1. The zero-order valence-corrected chi connectivity index (χ0v) is 15.7. The lowest BCUT2D eigenvalue weighted by atomic mass is 10.1. The maximum atomic E-state index is 11.4. The summed E-state index contributed by atoms with van der Waals surface area (Å²) in [6.07, 6.45) is 0.171. The maximum absolute atomic E-state index is 11.4. The van der Waals surface area contributed by atoms with Crippen LogP contribution in [0.25, 0.3) is 16.6 Å². The van der Waals surface area contributed by atoms with Crippen molar-refractivity contribution in [3.8, 4) is 5.75 Å². The van der Waals surface area contributed by atoms with Gasteiger partial charge in [-0.3, -0.25) is 0 Å². The highest BCUT2D eigenvalue weighted by Crippen LogP contribution is 2.20. The van der Waals surface area contributed by atoms with Gasteiger partial charge >= 0.3 is 11.7 Å². The fraction of sp³-hybridized carbons (Fsp3) is 0.250. The van der Waals surface area contributed by atoms with Gasteiger partial charge in [0.15, 0.2) is 5.58 Å². The summed E-state index contributed by atoms with van der Waals surface area (Å²) in [5.41, 5.74) is 11.2. The predicted molar refractivity (Wildman–Crippen MR) is 104 cm³/mol. The van der Waals surface area contributed by atoms with Crippen molar-refractivity contribution in [1.29, 1.82) is 0 Å². The molecule has 0 bridgehead atoms. The Morgan fingerprint density at radius 3 is 2.64 bits per heavy atom. The second kappa shape index (κ2) is 8.83. The van der Waals surface area contributed by atoms with E-state index in [0.29, 0.717) is 24.9 Å². The number of benzene rings is 2. The Bertz CT molecular complexity index is 973. The molecule has 1 aromatic heterocycles. The van der Waals surface area contributed by atoms with Gasteiger partial charge in [-0.1, -0.05) is 24.3 Å². The number of hydrogen-bond acceptors (Lipinski definition) is 6. The summed E-state index contributed by atoms with van der Waals surface area (Å²) < 4.78 is 16.0. The molecule has 0 aliphatic heterocycles. The molecule has 28 heavy (non-hydrogen) atoms. The van der Waals surface area contributed by atoms with Crippen molar-refractivity contribution in [2.75, 3.05) is 32.2 Å². The van der Waals surface area contributed by atoms with Crippen LogP contribution in [-0.4, -0.2) is 48.8 Å². The van der Waals surface area contributed by atoms with E-state index in [0.717, 1.165) is 16.7 Å². The first-order valence-electron chi connectivity index (χ1n) is 8.68. The molecule has 0 fully saturated rings. The van der Waals surface area contributed by atoms with Crippen LogP contribution in [-0.2, 0) is 16.0 Å². The van der Waals surface area contributed by atoms with E-state index in [4.69, 9.17) is 14.7 Å². The number of para-hydroxylation sites is 2. The third-order valence-corrected chi connectivity index (χ3v) is 4.14. The van der Waals surface area contributed by atoms with Crippen LogP contribution >= 0.6 is 0 Å². The molecule has 8 heteroatoms. The van der Waals surface area contributed by atoms with Gasteiger partial charge in [0.25, 0.3) is 6.01 Å². The molecule has 0 N–H and O–H groups in total. The second-order valence-electron chi connectivity index (χ2n) is 6.09. The van der Waals surface area contributed by atoms with E-state index in [2.05, 4.69) is 14.5 Å². The highest BCUT2D eigenvalue weighted by Gasteiger charge is 2.21. The number of esters is 1. The van der Waals surface area contributed by atoms with Gasteiger partial charge in [0.05, 0.1) is 20.1 Å². The molecule has 0 saturated heterocycles. The smallest absolute Gasteiger partial charge is 0.416 e. The van der Waals surface area contributed by atoms with Gasteiger partial charge in [-0.2, -0.15) is 9.77 Å². The highest BCUT2D eigenvalue weighted by atomic mass is 16.5. The molecular formula is C20H20N4O4. The van der Waals surface area contributed by atoms with Crippen molar-refractivity contribution in [2.45, 2.75) is 6.42 Å². The Hall–Kier alpha value is -3.64. The van der Waals surface area contributed by atoms with Crippen molar-refractivity contribution >= 4 is 28.8 Å². The summed E-state index contributed by atoms with van der Waals surface area (Å²) in [5, 5.41) is 0. The van der Waals surface area contributed by atoms with Crippen molar-refractivity contribution in [1.82, 2.24) is 4.98 Å². The molecule has 0 unspecified atom stereocenters. The van der Waals surface area contributed by atoms with Crippen LogP contribution in [0.2, 0.25) is 0 Å². The summed E-state index contributed by atoms with van der Waals surface area (Å²) in [5.74, 6) is 0.0281. The SMILES string of the molecule is COC(=O)C(Cc1ccc(OCCN(C)c2nc3ccccc3o2)cc1)=[N+]=[N-]. The fourth-order valence-corrected chi connectivity index (χ4v) is 2.58. The largest absolute Gasteiger partial charge is 0.492 e. The number of rotatable bonds is 8. The highest BCUT2D eigenvalue weighted by molar-refractivity contribution is 6.34. The Labute approximate surface area is 161 Å². The quantitative estimate of drug-likeness (QED) is 0.258.